The molecule has 0 aromatic carbocycles. The molecule has 0 N–H and O–H groups in total. The van der Waals surface area contributed by atoms with E-state index >= 15 is 0 Å². The normalized spacial score (nSPS) is 34.8. The summed E-state index contributed by atoms with van der Waals surface area (Å²) >= 11 is 4.18. The number of thiol groups is 1. The Morgan fingerprint density at radius 2 is 1.92 bits per heavy atom. The average molecular weight is 199 g/mol. The predicted octanol–water partition coefficient (Wildman–Crippen LogP) is 1.56. The van der Waals surface area contributed by atoms with Crippen molar-refractivity contribution in [2.45, 2.75) is 31.4 Å². The molecule has 2 nitrogen and oxygen atoms in total. The number of fused-ring (bicyclic) bond motifs is 1. The zero-order valence-corrected chi connectivity index (χ0v) is 8.96. The molecule has 1 saturated carbocycles. The minimum absolute atomic E-state index is 0.126. The molecule has 0 aromatic rings. The van der Waals surface area contributed by atoms with E-state index in [0.717, 1.165) is 24.9 Å². The molecule has 2 fully saturated rings. The third-order valence-electron chi connectivity index (χ3n) is 3.40. The minimum atomic E-state index is -0.126. The van der Waals surface area contributed by atoms with Crippen molar-refractivity contribution in [1.29, 1.82) is 0 Å². The number of carbonyl (C=O) groups excluding carboxylic acids is 1. The Morgan fingerprint density at radius 3 is 2.38 bits per heavy atom. The number of hydrogen-bond acceptors (Lipinski definition) is 2. The van der Waals surface area contributed by atoms with Gasteiger partial charge in [0.1, 0.15) is 0 Å². The molecule has 74 valence electrons. The third-order valence-corrected chi connectivity index (χ3v) is 3.62. The van der Waals surface area contributed by atoms with Crippen LogP contribution in [-0.2, 0) is 4.79 Å². The fraction of sp³-hybridized carbons (Fsp3) is 0.900. The van der Waals surface area contributed by atoms with Gasteiger partial charge in [-0.2, -0.15) is 12.6 Å². The SMILES string of the molecule is CC(S)C(=O)N1CC2CCCC2C1. The maximum absolute atomic E-state index is 11.6. The Kier molecular flexibility index (Phi) is 2.54. The summed E-state index contributed by atoms with van der Waals surface area (Å²) in [5.41, 5.74) is 0. The van der Waals surface area contributed by atoms with Crippen LogP contribution in [0.5, 0.6) is 0 Å². The number of nitrogens with zero attached hydrogens (tertiary/aromatic N) is 1. The van der Waals surface area contributed by atoms with Gasteiger partial charge in [-0.1, -0.05) is 6.42 Å². The van der Waals surface area contributed by atoms with Gasteiger partial charge in [0.25, 0.3) is 0 Å². The van der Waals surface area contributed by atoms with Gasteiger partial charge in [0.15, 0.2) is 0 Å². The van der Waals surface area contributed by atoms with Crippen LogP contribution < -0.4 is 0 Å². The van der Waals surface area contributed by atoms with Gasteiger partial charge in [0, 0.05) is 13.1 Å². The van der Waals surface area contributed by atoms with E-state index in [9.17, 15) is 4.79 Å². The first-order chi connectivity index (χ1) is 6.18. The molecule has 1 heterocycles. The summed E-state index contributed by atoms with van der Waals surface area (Å²) < 4.78 is 0. The van der Waals surface area contributed by atoms with Gasteiger partial charge in [-0.15, -0.1) is 0 Å². The first kappa shape index (κ1) is 9.38. The van der Waals surface area contributed by atoms with Crippen LogP contribution in [-0.4, -0.2) is 29.1 Å². The fourth-order valence-corrected chi connectivity index (χ4v) is 2.84. The van der Waals surface area contributed by atoms with E-state index in [4.69, 9.17) is 0 Å². The van der Waals surface area contributed by atoms with E-state index in [0.29, 0.717) is 0 Å². The number of rotatable bonds is 1. The van der Waals surface area contributed by atoms with Gasteiger partial charge in [-0.25, -0.2) is 0 Å². The van der Waals surface area contributed by atoms with Crippen LogP contribution in [0.4, 0.5) is 0 Å². The van der Waals surface area contributed by atoms with E-state index in [1.807, 2.05) is 11.8 Å². The van der Waals surface area contributed by atoms with Crippen molar-refractivity contribution in [2.24, 2.45) is 11.8 Å². The van der Waals surface area contributed by atoms with Gasteiger partial charge in [0.2, 0.25) is 5.91 Å². The zero-order chi connectivity index (χ0) is 9.42. The van der Waals surface area contributed by atoms with E-state index in [2.05, 4.69) is 12.6 Å². The standard InChI is InChI=1S/C10H17NOS/c1-7(13)10(12)11-5-8-3-2-4-9(8)6-11/h7-9,13H,2-6H2,1H3. The summed E-state index contributed by atoms with van der Waals surface area (Å²) in [6.45, 7) is 3.85. The summed E-state index contributed by atoms with van der Waals surface area (Å²) in [5.74, 6) is 1.82. The third kappa shape index (κ3) is 1.71. The fourth-order valence-electron chi connectivity index (χ4n) is 2.68. The van der Waals surface area contributed by atoms with E-state index in [-0.39, 0.29) is 11.2 Å². The average Bonchev–Trinajstić information content (AvgIpc) is 2.59. The highest BCUT2D eigenvalue weighted by molar-refractivity contribution is 7.81. The molecular weight excluding hydrogens is 182 g/mol. The number of likely N-dealkylation sites (tertiary alicyclic amines) is 1. The maximum atomic E-state index is 11.6. The van der Waals surface area contributed by atoms with E-state index in [1.165, 1.54) is 19.3 Å². The van der Waals surface area contributed by atoms with Crippen LogP contribution in [0.15, 0.2) is 0 Å². The second-order valence-electron chi connectivity index (χ2n) is 4.37. The molecule has 3 atom stereocenters. The van der Waals surface area contributed by atoms with Crippen molar-refractivity contribution >= 4 is 18.5 Å². The highest BCUT2D eigenvalue weighted by atomic mass is 32.1. The zero-order valence-electron chi connectivity index (χ0n) is 8.07. The predicted molar refractivity (Wildman–Crippen MR) is 55.9 cm³/mol. The topological polar surface area (TPSA) is 20.3 Å². The van der Waals surface area contributed by atoms with Crippen molar-refractivity contribution in [3.63, 3.8) is 0 Å². The summed E-state index contributed by atoms with van der Waals surface area (Å²) in [7, 11) is 0. The molecule has 0 spiro atoms. The molecule has 1 amide bonds. The van der Waals surface area contributed by atoms with Crippen LogP contribution >= 0.6 is 12.6 Å². The highest BCUT2D eigenvalue weighted by Crippen LogP contribution is 2.37. The Morgan fingerprint density at radius 1 is 1.38 bits per heavy atom. The second kappa shape index (κ2) is 3.52. The van der Waals surface area contributed by atoms with Gasteiger partial charge in [0.05, 0.1) is 5.25 Å². The summed E-state index contributed by atoms with van der Waals surface area (Å²) in [5, 5.41) is -0.126. The number of carbonyl (C=O) groups is 1. The van der Waals surface area contributed by atoms with Crippen molar-refractivity contribution in [1.82, 2.24) is 4.90 Å². The van der Waals surface area contributed by atoms with Crippen LogP contribution in [0.25, 0.3) is 0 Å². The molecule has 1 saturated heterocycles. The molecule has 0 aromatic heterocycles. The van der Waals surface area contributed by atoms with Crippen molar-refractivity contribution in [3.8, 4) is 0 Å². The first-order valence-corrected chi connectivity index (χ1v) is 5.67. The maximum Gasteiger partial charge on any atom is 0.235 e. The summed E-state index contributed by atoms with van der Waals surface area (Å²) in [6, 6.07) is 0. The summed E-state index contributed by atoms with van der Waals surface area (Å²) in [6.07, 6.45) is 4.03. The highest BCUT2D eigenvalue weighted by Gasteiger charge is 2.38. The summed E-state index contributed by atoms with van der Waals surface area (Å²) in [4.78, 5) is 13.6. The molecule has 2 rings (SSSR count). The van der Waals surface area contributed by atoms with Crippen LogP contribution in [0.3, 0.4) is 0 Å². The Hall–Kier alpha value is -0.180. The molecule has 3 unspecified atom stereocenters. The number of amides is 1. The van der Waals surface area contributed by atoms with Crippen molar-refractivity contribution in [2.75, 3.05) is 13.1 Å². The molecular formula is C10H17NOS. The van der Waals surface area contributed by atoms with Crippen LogP contribution in [0, 0.1) is 11.8 Å². The minimum Gasteiger partial charge on any atom is -0.341 e. The lowest BCUT2D eigenvalue weighted by Gasteiger charge is -2.18. The Bertz CT molecular complexity index is 205. The van der Waals surface area contributed by atoms with Gasteiger partial charge in [-0.05, 0) is 31.6 Å². The lowest BCUT2D eigenvalue weighted by molar-refractivity contribution is -0.129. The molecule has 0 bridgehead atoms. The van der Waals surface area contributed by atoms with Gasteiger partial charge in [-0.3, -0.25) is 4.79 Å². The Balaban J connectivity index is 1.95. The van der Waals surface area contributed by atoms with Gasteiger partial charge < -0.3 is 4.90 Å². The lowest BCUT2D eigenvalue weighted by atomic mass is 10.0. The molecule has 13 heavy (non-hydrogen) atoms. The molecule has 0 radical (unpaired) electrons. The van der Waals surface area contributed by atoms with E-state index < -0.39 is 0 Å². The first-order valence-electron chi connectivity index (χ1n) is 5.15. The Labute approximate surface area is 85.1 Å². The molecule has 1 aliphatic heterocycles. The van der Waals surface area contributed by atoms with Gasteiger partial charge >= 0.3 is 0 Å². The van der Waals surface area contributed by atoms with Crippen molar-refractivity contribution < 1.29 is 4.79 Å². The largest absolute Gasteiger partial charge is 0.341 e. The van der Waals surface area contributed by atoms with Crippen LogP contribution in [0.1, 0.15) is 26.2 Å². The van der Waals surface area contributed by atoms with Crippen LogP contribution in [0.2, 0.25) is 0 Å². The number of hydrogen-bond donors (Lipinski definition) is 1. The smallest absolute Gasteiger partial charge is 0.235 e. The lowest BCUT2D eigenvalue weighted by Crippen LogP contribution is -2.34. The van der Waals surface area contributed by atoms with E-state index in [1.54, 1.807) is 0 Å². The molecule has 1 aliphatic carbocycles. The second-order valence-corrected chi connectivity index (χ2v) is 5.14. The molecule has 3 heteroatoms. The molecule has 2 aliphatic rings. The monoisotopic (exact) mass is 199 g/mol. The quantitative estimate of drug-likeness (QED) is 0.636. The van der Waals surface area contributed by atoms with Crippen molar-refractivity contribution in [3.05, 3.63) is 0 Å².